The second-order valence-electron chi connectivity index (χ2n) is 4.21. The lowest BCUT2D eigenvalue weighted by Crippen LogP contribution is -2.20. The van der Waals surface area contributed by atoms with E-state index in [1.165, 1.54) is 6.92 Å². The number of carbonyl (C=O) groups is 1. The summed E-state index contributed by atoms with van der Waals surface area (Å²) in [6.07, 6.45) is 0.977. The van der Waals surface area contributed by atoms with E-state index in [1.54, 1.807) is 0 Å². The average molecular weight is 309 g/mol. The van der Waals surface area contributed by atoms with E-state index in [1.807, 2.05) is 6.92 Å². The normalized spacial score (nSPS) is 13.3. The molecule has 0 amide bonds. The van der Waals surface area contributed by atoms with Gasteiger partial charge in [0, 0.05) is 5.02 Å². The van der Waals surface area contributed by atoms with Gasteiger partial charge in [-0.05, 0) is 25.5 Å². The van der Waals surface area contributed by atoms with Crippen LogP contribution in [0.15, 0.2) is 17.0 Å². The van der Waals surface area contributed by atoms with E-state index in [0.717, 1.165) is 12.1 Å². The molecule has 0 saturated heterocycles. The number of sulfone groups is 1. The van der Waals surface area contributed by atoms with Crippen LogP contribution in [0.5, 0.6) is 0 Å². The molecule has 1 N–H and O–H groups in total. The average Bonchev–Trinajstić information content (AvgIpc) is 2.31. The Kier molecular flexibility index (Phi) is 4.92. The summed E-state index contributed by atoms with van der Waals surface area (Å²) in [6.45, 7) is 3.27. The summed E-state index contributed by atoms with van der Waals surface area (Å²) in [7, 11) is -3.93. The molecule has 0 aromatic heterocycles. The van der Waals surface area contributed by atoms with Crippen LogP contribution >= 0.6 is 11.6 Å². The number of benzene rings is 1. The van der Waals surface area contributed by atoms with Crippen molar-refractivity contribution in [3.05, 3.63) is 28.5 Å². The molecule has 0 saturated carbocycles. The smallest absolute Gasteiger partial charge is 0.338 e. The summed E-state index contributed by atoms with van der Waals surface area (Å²) in [5, 5.41) is 7.91. The molecule has 19 heavy (non-hydrogen) atoms. The van der Waals surface area contributed by atoms with Gasteiger partial charge in [-0.3, -0.25) is 0 Å². The molecule has 1 unspecified atom stereocenters. The van der Waals surface area contributed by atoms with Gasteiger partial charge >= 0.3 is 5.97 Å². The largest absolute Gasteiger partial charge is 0.478 e. The highest BCUT2D eigenvalue weighted by atomic mass is 35.5. The number of rotatable bonds is 5. The van der Waals surface area contributed by atoms with E-state index in [9.17, 15) is 17.6 Å². The van der Waals surface area contributed by atoms with Crippen LogP contribution in [0.2, 0.25) is 5.02 Å². The van der Waals surface area contributed by atoms with Crippen molar-refractivity contribution in [1.82, 2.24) is 0 Å². The molecule has 0 radical (unpaired) electrons. The van der Waals surface area contributed by atoms with Crippen LogP contribution in [-0.4, -0.2) is 24.7 Å². The number of hydrogen-bond acceptors (Lipinski definition) is 3. The number of carboxylic acid groups (broad SMARTS) is 1. The van der Waals surface area contributed by atoms with Crippen LogP contribution in [0.4, 0.5) is 4.39 Å². The zero-order valence-electron chi connectivity index (χ0n) is 10.5. The fraction of sp³-hybridized carbons (Fsp3) is 0.417. The molecule has 0 aliphatic rings. The molecule has 0 aliphatic heterocycles. The number of carboxylic acids is 1. The first-order valence-corrected chi connectivity index (χ1v) is 7.60. The van der Waals surface area contributed by atoms with E-state index in [4.69, 9.17) is 16.7 Å². The molecule has 0 bridgehead atoms. The van der Waals surface area contributed by atoms with Crippen molar-refractivity contribution in [2.45, 2.75) is 36.8 Å². The second kappa shape index (κ2) is 5.88. The van der Waals surface area contributed by atoms with Gasteiger partial charge in [-0.2, -0.15) is 0 Å². The summed E-state index contributed by atoms with van der Waals surface area (Å²) in [5.41, 5.74) is -0.741. The van der Waals surface area contributed by atoms with Crippen molar-refractivity contribution in [2.24, 2.45) is 0 Å². The fourth-order valence-electron chi connectivity index (χ4n) is 1.71. The molecule has 1 atom stereocenters. The van der Waals surface area contributed by atoms with Crippen LogP contribution < -0.4 is 0 Å². The molecule has 0 heterocycles. The highest BCUT2D eigenvalue weighted by Gasteiger charge is 2.29. The van der Waals surface area contributed by atoms with Gasteiger partial charge in [-0.25, -0.2) is 17.6 Å². The van der Waals surface area contributed by atoms with E-state index >= 15 is 0 Å². The Morgan fingerprint density at radius 1 is 1.47 bits per heavy atom. The molecule has 0 aliphatic carbocycles. The van der Waals surface area contributed by atoms with Crippen molar-refractivity contribution in [3.8, 4) is 0 Å². The van der Waals surface area contributed by atoms with Crippen molar-refractivity contribution >= 4 is 27.4 Å². The lowest BCUT2D eigenvalue weighted by molar-refractivity contribution is 0.0691. The van der Waals surface area contributed by atoms with Gasteiger partial charge in [-0.1, -0.05) is 24.9 Å². The van der Waals surface area contributed by atoms with Crippen molar-refractivity contribution < 1.29 is 22.7 Å². The fourth-order valence-corrected chi connectivity index (χ4v) is 3.62. The molecular formula is C12H14ClFO4S. The Bertz CT molecular complexity index is 598. The Hall–Kier alpha value is -1.14. The SMILES string of the molecule is CCCC(C)S(=O)(=O)c1cc(Cl)cc(C(=O)O)c1F. The van der Waals surface area contributed by atoms with Crippen LogP contribution in [-0.2, 0) is 9.84 Å². The third-order valence-corrected chi connectivity index (χ3v) is 5.19. The molecule has 1 aromatic rings. The minimum atomic E-state index is -3.93. The van der Waals surface area contributed by atoms with E-state index in [2.05, 4.69) is 0 Å². The lowest BCUT2D eigenvalue weighted by atomic mass is 10.2. The first-order valence-electron chi connectivity index (χ1n) is 5.68. The summed E-state index contributed by atoms with van der Waals surface area (Å²) in [4.78, 5) is 10.2. The van der Waals surface area contributed by atoms with Crippen LogP contribution in [0.25, 0.3) is 0 Å². The van der Waals surface area contributed by atoms with Gasteiger partial charge in [0.25, 0.3) is 0 Å². The standard InChI is InChI=1S/C12H14ClFO4S/c1-3-4-7(2)19(17,18)10-6-8(13)5-9(11(10)14)12(15)16/h5-7H,3-4H2,1-2H3,(H,15,16). The predicted octanol–water partition coefficient (Wildman–Crippen LogP) is 3.14. The lowest BCUT2D eigenvalue weighted by Gasteiger charge is -2.14. The highest BCUT2D eigenvalue weighted by molar-refractivity contribution is 7.92. The summed E-state index contributed by atoms with van der Waals surface area (Å²) >= 11 is 5.66. The highest BCUT2D eigenvalue weighted by Crippen LogP contribution is 2.27. The van der Waals surface area contributed by atoms with E-state index in [-0.39, 0.29) is 5.02 Å². The molecule has 4 nitrogen and oxygen atoms in total. The quantitative estimate of drug-likeness (QED) is 0.907. The molecule has 7 heteroatoms. The maximum absolute atomic E-state index is 14.0. The topological polar surface area (TPSA) is 71.4 Å². The number of hydrogen-bond donors (Lipinski definition) is 1. The van der Waals surface area contributed by atoms with Gasteiger partial charge < -0.3 is 5.11 Å². The number of aromatic carboxylic acids is 1. The second-order valence-corrected chi connectivity index (χ2v) is 6.99. The van der Waals surface area contributed by atoms with Crippen LogP contribution in [0, 0.1) is 5.82 Å². The van der Waals surface area contributed by atoms with Crippen LogP contribution in [0.3, 0.4) is 0 Å². The zero-order valence-corrected chi connectivity index (χ0v) is 12.1. The third kappa shape index (κ3) is 3.25. The van der Waals surface area contributed by atoms with Crippen molar-refractivity contribution in [3.63, 3.8) is 0 Å². The van der Waals surface area contributed by atoms with Gasteiger partial charge in [0.05, 0.1) is 10.8 Å². The maximum Gasteiger partial charge on any atom is 0.338 e. The Labute approximate surface area is 116 Å². The molecule has 106 valence electrons. The zero-order chi connectivity index (χ0) is 14.8. The first kappa shape index (κ1) is 15.9. The molecule has 0 fully saturated rings. The summed E-state index contributed by atoms with van der Waals surface area (Å²) in [6, 6.07) is 1.84. The van der Waals surface area contributed by atoms with E-state index < -0.39 is 37.3 Å². The molecule has 1 rings (SSSR count). The van der Waals surface area contributed by atoms with Crippen molar-refractivity contribution in [2.75, 3.05) is 0 Å². The first-order chi connectivity index (χ1) is 8.71. The summed E-state index contributed by atoms with van der Waals surface area (Å²) < 4.78 is 38.3. The van der Waals surface area contributed by atoms with Crippen LogP contribution in [0.1, 0.15) is 37.0 Å². The maximum atomic E-state index is 14.0. The van der Waals surface area contributed by atoms with Gasteiger partial charge in [-0.15, -0.1) is 0 Å². The monoisotopic (exact) mass is 308 g/mol. The molecule has 0 spiro atoms. The minimum absolute atomic E-state index is 0.124. The summed E-state index contributed by atoms with van der Waals surface area (Å²) in [5.74, 6) is -2.82. The van der Waals surface area contributed by atoms with Crippen molar-refractivity contribution in [1.29, 1.82) is 0 Å². The van der Waals surface area contributed by atoms with Gasteiger partial charge in [0.2, 0.25) is 0 Å². The molecule has 1 aromatic carbocycles. The Morgan fingerprint density at radius 2 is 2.05 bits per heavy atom. The van der Waals surface area contributed by atoms with Gasteiger partial charge in [0.15, 0.2) is 15.7 Å². The predicted molar refractivity (Wildman–Crippen MR) is 69.9 cm³/mol. The van der Waals surface area contributed by atoms with E-state index in [0.29, 0.717) is 12.8 Å². The minimum Gasteiger partial charge on any atom is -0.478 e. The Morgan fingerprint density at radius 3 is 2.53 bits per heavy atom. The molecular weight excluding hydrogens is 295 g/mol. The Balaban J connectivity index is 3.47. The van der Waals surface area contributed by atoms with Gasteiger partial charge in [0.1, 0.15) is 4.90 Å². The third-order valence-electron chi connectivity index (χ3n) is 2.77. The number of halogens is 2.